The predicted octanol–water partition coefficient (Wildman–Crippen LogP) is 3.67. The zero-order valence-electron chi connectivity index (χ0n) is 17.4. The summed E-state index contributed by atoms with van der Waals surface area (Å²) in [4.78, 5) is 25.4. The van der Waals surface area contributed by atoms with Gasteiger partial charge in [0.1, 0.15) is 13.2 Å². The lowest BCUT2D eigenvalue weighted by molar-refractivity contribution is 0.0888. The SMILES string of the molecule is NC(=NS(=O)(=O)c1ccccc1)N(C(=O)OCc1ccccc1)C(=O)OCc1ccccc1. The number of carbonyl (C=O) groups is 2. The Kier molecular flexibility index (Phi) is 7.77. The average Bonchev–Trinajstić information content (AvgIpc) is 2.83. The van der Waals surface area contributed by atoms with E-state index in [0.29, 0.717) is 11.1 Å². The molecule has 0 aliphatic carbocycles. The van der Waals surface area contributed by atoms with Crippen LogP contribution in [-0.4, -0.2) is 31.5 Å². The smallest absolute Gasteiger partial charge is 0.426 e. The van der Waals surface area contributed by atoms with Crippen LogP contribution in [0, 0.1) is 0 Å². The van der Waals surface area contributed by atoms with Gasteiger partial charge in [0.25, 0.3) is 10.0 Å². The minimum atomic E-state index is -4.30. The van der Waals surface area contributed by atoms with E-state index in [1.54, 1.807) is 66.7 Å². The number of guanidine groups is 1. The molecule has 3 rings (SSSR count). The number of hydrogen-bond donors (Lipinski definition) is 1. The fraction of sp³-hybridized carbons (Fsp3) is 0.0870. The van der Waals surface area contributed by atoms with E-state index in [-0.39, 0.29) is 23.0 Å². The second-order valence-electron chi connectivity index (χ2n) is 6.65. The van der Waals surface area contributed by atoms with Crippen molar-refractivity contribution in [2.24, 2.45) is 10.1 Å². The summed E-state index contributed by atoms with van der Waals surface area (Å²) in [7, 11) is -4.30. The molecule has 10 heteroatoms. The molecule has 0 saturated heterocycles. The number of imide groups is 1. The molecule has 0 heterocycles. The Morgan fingerprint density at radius 3 is 1.55 bits per heavy atom. The average molecular weight is 468 g/mol. The highest BCUT2D eigenvalue weighted by Gasteiger charge is 2.30. The highest BCUT2D eigenvalue weighted by atomic mass is 32.2. The number of nitrogens with zero attached hydrogens (tertiary/aromatic N) is 2. The molecule has 170 valence electrons. The normalized spacial score (nSPS) is 11.5. The van der Waals surface area contributed by atoms with Crippen molar-refractivity contribution < 1.29 is 27.5 Å². The summed E-state index contributed by atoms with van der Waals surface area (Å²) in [5, 5.41) is 0. The largest absolute Gasteiger partial charge is 0.444 e. The molecule has 0 aliphatic rings. The van der Waals surface area contributed by atoms with Crippen molar-refractivity contribution >= 4 is 28.2 Å². The first-order valence-electron chi connectivity index (χ1n) is 9.74. The van der Waals surface area contributed by atoms with Gasteiger partial charge in [-0.25, -0.2) is 9.59 Å². The van der Waals surface area contributed by atoms with E-state index in [0.717, 1.165) is 0 Å². The van der Waals surface area contributed by atoms with Crippen molar-refractivity contribution in [3.63, 3.8) is 0 Å². The maximum absolute atomic E-state index is 12.7. The molecule has 0 saturated carbocycles. The fourth-order valence-electron chi connectivity index (χ4n) is 2.64. The zero-order valence-corrected chi connectivity index (χ0v) is 18.2. The first kappa shape index (κ1) is 23.5. The van der Waals surface area contributed by atoms with Gasteiger partial charge in [0, 0.05) is 0 Å². The van der Waals surface area contributed by atoms with Crippen LogP contribution in [0.2, 0.25) is 0 Å². The van der Waals surface area contributed by atoms with Crippen molar-refractivity contribution in [3.8, 4) is 0 Å². The van der Waals surface area contributed by atoms with Crippen LogP contribution in [0.25, 0.3) is 0 Å². The van der Waals surface area contributed by atoms with Crippen molar-refractivity contribution in [1.29, 1.82) is 0 Å². The molecular weight excluding hydrogens is 446 g/mol. The van der Waals surface area contributed by atoms with Gasteiger partial charge in [0.05, 0.1) is 4.90 Å². The Bertz CT molecular complexity index is 1160. The molecule has 3 aromatic carbocycles. The second-order valence-corrected chi connectivity index (χ2v) is 8.26. The molecule has 0 radical (unpaired) electrons. The topological polar surface area (TPSA) is 128 Å². The summed E-state index contributed by atoms with van der Waals surface area (Å²) in [6.45, 7) is -0.359. The van der Waals surface area contributed by atoms with Crippen molar-refractivity contribution in [3.05, 3.63) is 102 Å². The molecule has 0 unspecified atom stereocenters. The Morgan fingerprint density at radius 1 is 0.727 bits per heavy atom. The molecule has 9 nitrogen and oxygen atoms in total. The molecule has 0 spiro atoms. The van der Waals surface area contributed by atoms with Gasteiger partial charge in [0.2, 0.25) is 5.96 Å². The molecule has 0 fully saturated rings. The second kappa shape index (κ2) is 10.9. The summed E-state index contributed by atoms with van der Waals surface area (Å²) < 4.78 is 38.8. The van der Waals surface area contributed by atoms with Gasteiger partial charge in [-0.15, -0.1) is 9.30 Å². The number of benzene rings is 3. The zero-order chi connectivity index (χ0) is 23.7. The number of rotatable bonds is 6. The maximum Gasteiger partial charge on any atom is 0.426 e. The number of amides is 2. The summed E-state index contributed by atoms with van der Waals surface area (Å²) >= 11 is 0. The van der Waals surface area contributed by atoms with Gasteiger partial charge < -0.3 is 15.2 Å². The number of hydrogen-bond acceptors (Lipinski definition) is 6. The van der Waals surface area contributed by atoms with Crippen LogP contribution in [0.15, 0.2) is 100 Å². The van der Waals surface area contributed by atoms with Crippen LogP contribution in [-0.2, 0) is 32.7 Å². The lowest BCUT2D eigenvalue weighted by atomic mass is 10.2. The molecule has 0 atom stereocenters. The van der Waals surface area contributed by atoms with E-state index >= 15 is 0 Å². The lowest BCUT2D eigenvalue weighted by Crippen LogP contribution is -2.47. The molecule has 0 aliphatic heterocycles. The summed E-state index contributed by atoms with van der Waals surface area (Å²) in [6, 6.07) is 24.6. The van der Waals surface area contributed by atoms with Crippen LogP contribution in [0.1, 0.15) is 11.1 Å². The van der Waals surface area contributed by atoms with E-state index in [2.05, 4.69) is 4.40 Å². The van der Waals surface area contributed by atoms with Gasteiger partial charge in [-0.3, -0.25) is 0 Å². The minimum absolute atomic E-state index is 0.164. The van der Waals surface area contributed by atoms with Crippen molar-refractivity contribution in [2.45, 2.75) is 18.1 Å². The van der Waals surface area contributed by atoms with Gasteiger partial charge in [0.15, 0.2) is 0 Å². The third kappa shape index (κ3) is 6.65. The van der Waals surface area contributed by atoms with E-state index in [1.165, 1.54) is 24.3 Å². The molecule has 2 N–H and O–H groups in total. The minimum Gasteiger partial charge on any atom is -0.444 e. The lowest BCUT2D eigenvalue weighted by Gasteiger charge is -2.19. The Balaban J connectivity index is 1.83. The third-order valence-corrected chi connectivity index (χ3v) is 5.55. The molecule has 2 amide bonds. The van der Waals surface area contributed by atoms with Crippen molar-refractivity contribution in [2.75, 3.05) is 0 Å². The Hall–Kier alpha value is -4.18. The van der Waals surface area contributed by atoms with Gasteiger partial charge in [-0.1, -0.05) is 78.9 Å². The predicted molar refractivity (Wildman–Crippen MR) is 120 cm³/mol. The third-order valence-electron chi connectivity index (χ3n) is 4.26. The van der Waals surface area contributed by atoms with Crippen LogP contribution >= 0.6 is 0 Å². The molecule has 3 aromatic rings. The highest BCUT2D eigenvalue weighted by Crippen LogP contribution is 2.13. The Labute approximate surface area is 191 Å². The standard InChI is InChI=1S/C23H21N3O6S/c24-21(25-33(29,30)20-14-8-3-9-15-20)26(22(27)31-16-18-10-4-1-5-11-18)23(28)32-17-19-12-6-2-7-13-19/h1-15H,16-17H2,(H2,24,25). The molecule has 33 heavy (non-hydrogen) atoms. The first-order chi connectivity index (χ1) is 15.9. The van der Waals surface area contributed by atoms with Crippen LogP contribution in [0.3, 0.4) is 0 Å². The van der Waals surface area contributed by atoms with Crippen molar-refractivity contribution in [1.82, 2.24) is 4.90 Å². The number of carbonyl (C=O) groups excluding carboxylic acids is 2. The van der Waals surface area contributed by atoms with Gasteiger partial charge >= 0.3 is 12.2 Å². The van der Waals surface area contributed by atoms with E-state index < -0.39 is 28.2 Å². The molecular formula is C23H21N3O6S. The monoisotopic (exact) mass is 467 g/mol. The first-order valence-corrected chi connectivity index (χ1v) is 11.2. The van der Waals surface area contributed by atoms with Crippen LogP contribution in [0.4, 0.5) is 9.59 Å². The van der Waals surface area contributed by atoms with Crippen LogP contribution in [0.5, 0.6) is 0 Å². The van der Waals surface area contributed by atoms with Crippen LogP contribution < -0.4 is 5.73 Å². The maximum atomic E-state index is 12.7. The van der Waals surface area contributed by atoms with Gasteiger partial charge in [-0.05, 0) is 23.3 Å². The quantitative estimate of drug-likeness (QED) is 0.433. The van der Waals surface area contributed by atoms with E-state index in [1.807, 2.05) is 0 Å². The molecule has 0 bridgehead atoms. The summed E-state index contributed by atoms with van der Waals surface area (Å²) in [5.74, 6) is -0.907. The van der Waals surface area contributed by atoms with E-state index in [4.69, 9.17) is 15.2 Å². The highest BCUT2D eigenvalue weighted by molar-refractivity contribution is 7.90. The molecule has 0 aromatic heterocycles. The number of sulfonamides is 1. The fourth-order valence-corrected chi connectivity index (χ4v) is 3.57. The summed E-state index contributed by atoms with van der Waals surface area (Å²) in [5.41, 5.74) is 7.07. The number of nitrogens with two attached hydrogens (primary N) is 1. The number of ether oxygens (including phenoxy) is 2. The summed E-state index contributed by atoms with van der Waals surface area (Å²) in [6.07, 6.45) is -2.47. The Morgan fingerprint density at radius 2 is 1.12 bits per heavy atom. The van der Waals surface area contributed by atoms with Gasteiger partial charge in [-0.2, -0.15) is 8.42 Å². The van der Waals surface area contributed by atoms with E-state index in [9.17, 15) is 18.0 Å².